The van der Waals surface area contributed by atoms with E-state index < -0.39 is 21.8 Å². The van der Waals surface area contributed by atoms with Crippen molar-refractivity contribution in [3.8, 4) is 0 Å². The van der Waals surface area contributed by atoms with Gasteiger partial charge >= 0.3 is 11.8 Å². The van der Waals surface area contributed by atoms with Crippen LogP contribution < -0.4 is 0 Å². The summed E-state index contributed by atoms with van der Waals surface area (Å²) >= 11 is 0. The standard InChI is InChI=1S/C24H28FN3O4S/c1-17-3-4-18(2)22(15-17)33(31,32)27-11-9-21(10-12-27)28-14-13-26(23(29)24(28)30)16-19-5-7-20(25)8-6-19/h3-8,15,21H,9-14,16H2,1-2H3. The molecule has 0 unspecified atom stereocenters. The molecular formula is C24H28FN3O4S. The monoisotopic (exact) mass is 473 g/mol. The number of aryl methyl sites for hydroxylation is 2. The van der Waals surface area contributed by atoms with Gasteiger partial charge in [0.25, 0.3) is 0 Å². The number of hydrogen-bond acceptors (Lipinski definition) is 4. The van der Waals surface area contributed by atoms with Crippen LogP contribution in [0.3, 0.4) is 0 Å². The number of amides is 2. The lowest BCUT2D eigenvalue weighted by Gasteiger charge is -2.41. The van der Waals surface area contributed by atoms with E-state index in [0.29, 0.717) is 49.5 Å². The van der Waals surface area contributed by atoms with Crippen LogP contribution in [-0.4, -0.2) is 66.6 Å². The molecule has 7 nitrogen and oxygen atoms in total. The number of carbonyl (C=O) groups excluding carboxylic acids is 2. The van der Waals surface area contributed by atoms with E-state index in [2.05, 4.69) is 0 Å². The Hall–Kier alpha value is -2.78. The van der Waals surface area contributed by atoms with Crippen LogP contribution >= 0.6 is 0 Å². The number of nitrogens with zero attached hydrogens (tertiary/aromatic N) is 3. The number of benzene rings is 2. The molecule has 0 radical (unpaired) electrons. The fourth-order valence-corrected chi connectivity index (χ4v) is 6.30. The first kappa shape index (κ1) is 23.4. The Bertz CT molecular complexity index is 1160. The van der Waals surface area contributed by atoms with E-state index in [1.807, 2.05) is 19.1 Å². The van der Waals surface area contributed by atoms with Crippen molar-refractivity contribution in [1.82, 2.24) is 14.1 Å². The van der Waals surface area contributed by atoms with Crippen LogP contribution in [-0.2, 0) is 26.2 Å². The third-order valence-electron chi connectivity index (χ3n) is 6.45. The number of halogens is 1. The number of piperazine rings is 1. The average Bonchev–Trinajstić information content (AvgIpc) is 2.80. The molecule has 33 heavy (non-hydrogen) atoms. The third kappa shape index (κ3) is 4.79. The summed E-state index contributed by atoms with van der Waals surface area (Å²) in [6.45, 7) is 5.31. The quantitative estimate of drug-likeness (QED) is 0.625. The molecule has 0 saturated carbocycles. The van der Waals surface area contributed by atoms with Crippen LogP contribution in [0, 0.1) is 19.7 Å². The van der Waals surface area contributed by atoms with Gasteiger partial charge in [0, 0.05) is 38.8 Å². The SMILES string of the molecule is Cc1ccc(C)c(S(=O)(=O)N2CCC(N3CCN(Cc4ccc(F)cc4)C(=O)C3=O)CC2)c1. The molecule has 2 heterocycles. The molecule has 4 rings (SSSR count). The highest BCUT2D eigenvalue weighted by atomic mass is 32.2. The van der Waals surface area contributed by atoms with Gasteiger partial charge in [-0.05, 0) is 61.6 Å². The molecule has 2 fully saturated rings. The first-order chi connectivity index (χ1) is 15.7. The Kier molecular flexibility index (Phi) is 6.54. The van der Waals surface area contributed by atoms with E-state index in [-0.39, 0.29) is 18.4 Å². The van der Waals surface area contributed by atoms with Gasteiger partial charge < -0.3 is 9.80 Å². The fourth-order valence-electron chi connectivity index (χ4n) is 4.52. The Balaban J connectivity index is 1.38. The van der Waals surface area contributed by atoms with Crippen molar-refractivity contribution in [2.75, 3.05) is 26.2 Å². The van der Waals surface area contributed by atoms with Crippen LogP contribution in [0.15, 0.2) is 47.4 Å². The molecule has 176 valence electrons. The summed E-state index contributed by atoms with van der Waals surface area (Å²) in [5.41, 5.74) is 2.36. The van der Waals surface area contributed by atoms with Crippen LogP contribution in [0.4, 0.5) is 4.39 Å². The van der Waals surface area contributed by atoms with Crippen molar-refractivity contribution < 1.29 is 22.4 Å². The van der Waals surface area contributed by atoms with Crippen LogP contribution in [0.1, 0.15) is 29.5 Å². The first-order valence-electron chi connectivity index (χ1n) is 11.1. The van der Waals surface area contributed by atoms with Gasteiger partial charge in [0.15, 0.2) is 0 Å². The molecule has 0 N–H and O–H groups in total. The number of carbonyl (C=O) groups is 2. The second kappa shape index (κ2) is 9.23. The normalized spacial score (nSPS) is 18.8. The molecule has 2 aromatic rings. The van der Waals surface area contributed by atoms with E-state index >= 15 is 0 Å². The summed E-state index contributed by atoms with van der Waals surface area (Å²) in [7, 11) is -3.61. The Morgan fingerprint density at radius 1 is 0.909 bits per heavy atom. The van der Waals surface area contributed by atoms with Crippen molar-refractivity contribution in [3.05, 3.63) is 65.0 Å². The fraction of sp³-hybridized carbons (Fsp3) is 0.417. The van der Waals surface area contributed by atoms with Gasteiger partial charge in [0.05, 0.1) is 4.90 Å². The summed E-state index contributed by atoms with van der Waals surface area (Å²) < 4.78 is 40.9. The Morgan fingerprint density at radius 2 is 1.58 bits per heavy atom. The second-order valence-corrected chi connectivity index (χ2v) is 10.7. The minimum Gasteiger partial charge on any atom is -0.330 e. The third-order valence-corrected chi connectivity index (χ3v) is 8.49. The molecule has 2 saturated heterocycles. The minimum atomic E-state index is -3.61. The second-order valence-electron chi connectivity index (χ2n) is 8.76. The summed E-state index contributed by atoms with van der Waals surface area (Å²) in [5, 5.41) is 0. The summed E-state index contributed by atoms with van der Waals surface area (Å²) in [4.78, 5) is 28.9. The lowest BCUT2D eigenvalue weighted by molar-refractivity contribution is -0.158. The topological polar surface area (TPSA) is 78.0 Å². The van der Waals surface area contributed by atoms with Crippen LogP contribution in [0.5, 0.6) is 0 Å². The summed E-state index contributed by atoms with van der Waals surface area (Å²) in [5.74, 6) is -1.48. The minimum absolute atomic E-state index is 0.167. The molecule has 0 bridgehead atoms. The van der Waals surface area contributed by atoms with Gasteiger partial charge in [-0.1, -0.05) is 24.3 Å². The smallest absolute Gasteiger partial charge is 0.312 e. The lowest BCUT2D eigenvalue weighted by atomic mass is 10.0. The van der Waals surface area contributed by atoms with E-state index in [1.165, 1.54) is 21.3 Å². The Morgan fingerprint density at radius 3 is 2.24 bits per heavy atom. The number of hydrogen-bond donors (Lipinski definition) is 0. The molecule has 2 aromatic carbocycles. The zero-order chi connectivity index (χ0) is 23.8. The molecule has 0 aromatic heterocycles. The predicted molar refractivity (Wildman–Crippen MR) is 121 cm³/mol. The van der Waals surface area contributed by atoms with E-state index in [4.69, 9.17) is 0 Å². The van der Waals surface area contributed by atoms with E-state index in [0.717, 1.165) is 11.1 Å². The molecule has 0 atom stereocenters. The van der Waals surface area contributed by atoms with Crippen molar-refractivity contribution in [2.45, 2.75) is 44.2 Å². The molecule has 2 aliphatic rings. The van der Waals surface area contributed by atoms with Crippen molar-refractivity contribution in [1.29, 1.82) is 0 Å². The molecule has 2 amide bonds. The van der Waals surface area contributed by atoms with Gasteiger partial charge in [-0.15, -0.1) is 0 Å². The van der Waals surface area contributed by atoms with Crippen molar-refractivity contribution >= 4 is 21.8 Å². The largest absolute Gasteiger partial charge is 0.330 e. The van der Waals surface area contributed by atoms with Crippen molar-refractivity contribution in [2.24, 2.45) is 0 Å². The first-order valence-corrected chi connectivity index (χ1v) is 12.5. The highest BCUT2D eigenvalue weighted by Gasteiger charge is 2.39. The summed E-state index contributed by atoms with van der Waals surface area (Å²) in [6.07, 6.45) is 0.974. The van der Waals surface area contributed by atoms with Crippen LogP contribution in [0.2, 0.25) is 0 Å². The molecule has 2 aliphatic heterocycles. The Labute approximate surface area is 193 Å². The number of piperidine rings is 1. The van der Waals surface area contributed by atoms with Gasteiger partial charge in [-0.2, -0.15) is 4.31 Å². The maximum absolute atomic E-state index is 13.2. The van der Waals surface area contributed by atoms with Gasteiger partial charge in [-0.25, -0.2) is 12.8 Å². The predicted octanol–water partition coefficient (Wildman–Crippen LogP) is 2.47. The molecular weight excluding hydrogens is 445 g/mol. The van der Waals surface area contributed by atoms with Crippen LogP contribution in [0.25, 0.3) is 0 Å². The molecule has 0 aliphatic carbocycles. The highest BCUT2D eigenvalue weighted by Crippen LogP contribution is 2.27. The maximum atomic E-state index is 13.2. The number of rotatable bonds is 5. The van der Waals surface area contributed by atoms with Gasteiger partial charge in [0.1, 0.15) is 5.82 Å². The zero-order valence-corrected chi connectivity index (χ0v) is 19.6. The maximum Gasteiger partial charge on any atom is 0.312 e. The molecule has 9 heteroatoms. The molecule has 0 spiro atoms. The van der Waals surface area contributed by atoms with E-state index in [9.17, 15) is 22.4 Å². The zero-order valence-electron chi connectivity index (χ0n) is 18.8. The van der Waals surface area contributed by atoms with Gasteiger partial charge in [-0.3, -0.25) is 9.59 Å². The van der Waals surface area contributed by atoms with E-state index in [1.54, 1.807) is 30.0 Å². The lowest BCUT2D eigenvalue weighted by Crippen LogP contribution is -2.58. The van der Waals surface area contributed by atoms with Gasteiger partial charge in [0.2, 0.25) is 10.0 Å². The average molecular weight is 474 g/mol. The summed E-state index contributed by atoms with van der Waals surface area (Å²) in [6, 6.07) is 11.1. The number of sulfonamides is 1. The van der Waals surface area contributed by atoms with Crippen molar-refractivity contribution in [3.63, 3.8) is 0 Å². The highest BCUT2D eigenvalue weighted by molar-refractivity contribution is 7.89.